The molecule has 0 aromatic carbocycles. The largest absolute Gasteiger partial charge is 0.352 e. The van der Waals surface area contributed by atoms with E-state index >= 15 is 0 Å². The van der Waals surface area contributed by atoms with Gasteiger partial charge in [-0.1, -0.05) is 12.2 Å². The Morgan fingerprint density at radius 1 is 1.38 bits per heavy atom. The van der Waals surface area contributed by atoms with E-state index in [1.54, 1.807) is 0 Å². The van der Waals surface area contributed by atoms with Crippen LogP contribution in [-0.4, -0.2) is 25.0 Å². The van der Waals surface area contributed by atoms with Crippen molar-refractivity contribution in [1.29, 1.82) is 0 Å². The molecule has 3 heteroatoms. The number of carbonyl (C=O) groups is 1. The third-order valence-electron chi connectivity index (χ3n) is 2.79. The van der Waals surface area contributed by atoms with Crippen LogP contribution in [0, 0.1) is 5.92 Å². The fraction of sp³-hybridized carbons (Fsp3) is 0.700. The highest BCUT2D eigenvalue weighted by molar-refractivity contribution is 5.79. The highest BCUT2D eigenvalue weighted by atomic mass is 16.1. The van der Waals surface area contributed by atoms with Gasteiger partial charge < -0.3 is 10.6 Å². The number of carbonyl (C=O) groups excluding carboxylic acids is 1. The van der Waals surface area contributed by atoms with Gasteiger partial charge in [0.1, 0.15) is 0 Å². The third kappa shape index (κ3) is 2.10. The van der Waals surface area contributed by atoms with Crippen LogP contribution in [0.5, 0.6) is 0 Å². The molecule has 1 aliphatic heterocycles. The second-order valence-corrected chi connectivity index (χ2v) is 3.84. The van der Waals surface area contributed by atoms with E-state index in [4.69, 9.17) is 0 Å². The highest BCUT2D eigenvalue weighted by Crippen LogP contribution is 2.17. The van der Waals surface area contributed by atoms with Crippen LogP contribution in [0.25, 0.3) is 0 Å². The lowest BCUT2D eigenvalue weighted by Crippen LogP contribution is -2.39. The molecule has 0 saturated carbocycles. The van der Waals surface area contributed by atoms with Crippen molar-refractivity contribution in [2.75, 3.05) is 13.1 Å². The average molecular weight is 180 g/mol. The molecule has 1 amide bonds. The molecule has 0 spiro atoms. The lowest BCUT2D eigenvalue weighted by atomic mass is 10.1. The maximum Gasteiger partial charge on any atom is 0.223 e. The van der Waals surface area contributed by atoms with Crippen molar-refractivity contribution in [3.8, 4) is 0 Å². The SMILES string of the molecule is O=C(N[C@H]1CCNC1)C1CC=CC1. The minimum atomic E-state index is 0.209. The first-order valence-corrected chi connectivity index (χ1v) is 5.02. The number of hydrogen-bond acceptors (Lipinski definition) is 2. The van der Waals surface area contributed by atoms with E-state index in [2.05, 4.69) is 22.8 Å². The summed E-state index contributed by atoms with van der Waals surface area (Å²) in [7, 11) is 0. The highest BCUT2D eigenvalue weighted by Gasteiger charge is 2.23. The van der Waals surface area contributed by atoms with Crippen molar-refractivity contribution in [1.82, 2.24) is 10.6 Å². The zero-order valence-corrected chi connectivity index (χ0v) is 7.75. The topological polar surface area (TPSA) is 41.1 Å². The standard InChI is InChI=1S/C10H16N2O/c13-10(8-3-1-2-4-8)12-9-5-6-11-7-9/h1-2,8-9,11H,3-7H2,(H,12,13)/t9-/m0/s1. The van der Waals surface area contributed by atoms with Crippen LogP contribution in [0.1, 0.15) is 19.3 Å². The lowest BCUT2D eigenvalue weighted by molar-refractivity contribution is -0.125. The molecule has 2 aliphatic rings. The van der Waals surface area contributed by atoms with E-state index in [0.29, 0.717) is 6.04 Å². The summed E-state index contributed by atoms with van der Waals surface area (Å²) in [6.07, 6.45) is 7.11. The molecule has 1 saturated heterocycles. The predicted octanol–water partition coefficient (Wildman–Crippen LogP) is 0.431. The Labute approximate surface area is 78.6 Å². The maximum absolute atomic E-state index is 11.6. The molecule has 1 fully saturated rings. The lowest BCUT2D eigenvalue weighted by Gasteiger charge is -2.14. The quantitative estimate of drug-likeness (QED) is 0.605. The molecule has 1 aliphatic carbocycles. The number of allylic oxidation sites excluding steroid dienone is 2. The average Bonchev–Trinajstić information content (AvgIpc) is 2.74. The zero-order chi connectivity index (χ0) is 9.10. The molecule has 72 valence electrons. The minimum Gasteiger partial charge on any atom is -0.352 e. The first kappa shape index (κ1) is 8.75. The molecular weight excluding hydrogens is 164 g/mol. The second kappa shape index (κ2) is 3.92. The van der Waals surface area contributed by atoms with E-state index in [-0.39, 0.29) is 11.8 Å². The van der Waals surface area contributed by atoms with Crippen molar-refractivity contribution in [3.05, 3.63) is 12.2 Å². The fourth-order valence-corrected chi connectivity index (χ4v) is 1.93. The summed E-state index contributed by atoms with van der Waals surface area (Å²) in [6, 6.07) is 0.369. The van der Waals surface area contributed by atoms with Gasteiger partial charge in [0, 0.05) is 18.5 Å². The number of rotatable bonds is 2. The van der Waals surface area contributed by atoms with Gasteiger partial charge in [-0.3, -0.25) is 4.79 Å². The maximum atomic E-state index is 11.6. The normalized spacial score (nSPS) is 28.2. The Balaban J connectivity index is 1.77. The Morgan fingerprint density at radius 3 is 2.77 bits per heavy atom. The van der Waals surface area contributed by atoms with Crippen molar-refractivity contribution < 1.29 is 4.79 Å². The van der Waals surface area contributed by atoms with Gasteiger partial charge >= 0.3 is 0 Å². The number of nitrogens with one attached hydrogen (secondary N) is 2. The van der Waals surface area contributed by atoms with E-state index in [0.717, 1.165) is 32.4 Å². The zero-order valence-electron chi connectivity index (χ0n) is 7.75. The third-order valence-corrected chi connectivity index (χ3v) is 2.79. The van der Waals surface area contributed by atoms with Gasteiger partial charge in [-0.05, 0) is 25.8 Å². The fourth-order valence-electron chi connectivity index (χ4n) is 1.93. The van der Waals surface area contributed by atoms with Gasteiger partial charge in [0.05, 0.1) is 0 Å². The Morgan fingerprint density at radius 2 is 2.15 bits per heavy atom. The van der Waals surface area contributed by atoms with Crippen LogP contribution in [0.4, 0.5) is 0 Å². The summed E-state index contributed by atoms with van der Waals surface area (Å²) in [6.45, 7) is 1.97. The van der Waals surface area contributed by atoms with Crippen molar-refractivity contribution in [3.63, 3.8) is 0 Å². The van der Waals surface area contributed by atoms with Gasteiger partial charge in [-0.25, -0.2) is 0 Å². The molecule has 0 unspecified atom stereocenters. The van der Waals surface area contributed by atoms with Crippen LogP contribution >= 0.6 is 0 Å². The summed E-state index contributed by atoms with van der Waals surface area (Å²) >= 11 is 0. The van der Waals surface area contributed by atoms with E-state index in [1.165, 1.54) is 0 Å². The number of amides is 1. The molecular formula is C10H16N2O. The summed E-state index contributed by atoms with van der Waals surface area (Å²) in [5.41, 5.74) is 0. The van der Waals surface area contributed by atoms with E-state index in [1.807, 2.05) is 0 Å². The monoisotopic (exact) mass is 180 g/mol. The molecule has 3 nitrogen and oxygen atoms in total. The minimum absolute atomic E-state index is 0.209. The Kier molecular flexibility index (Phi) is 2.64. The first-order chi connectivity index (χ1) is 6.36. The summed E-state index contributed by atoms with van der Waals surface area (Å²) in [5, 5.41) is 6.32. The summed E-state index contributed by atoms with van der Waals surface area (Å²) in [4.78, 5) is 11.6. The van der Waals surface area contributed by atoms with Crippen molar-refractivity contribution in [2.24, 2.45) is 5.92 Å². The van der Waals surface area contributed by atoms with Gasteiger partial charge in [-0.15, -0.1) is 0 Å². The smallest absolute Gasteiger partial charge is 0.223 e. The van der Waals surface area contributed by atoms with Crippen LogP contribution in [-0.2, 0) is 4.79 Å². The molecule has 1 atom stereocenters. The molecule has 0 aromatic rings. The van der Waals surface area contributed by atoms with Gasteiger partial charge in [0.15, 0.2) is 0 Å². The first-order valence-electron chi connectivity index (χ1n) is 5.02. The van der Waals surface area contributed by atoms with Gasteiger partial charge in [0.25, 0.3) is 0 Å². The summed E-state index contributed by atoms with van der Waals surface area (Å²) < 4.78 is 0. The second-order valence-electron chi connectivity index (χ2n) is 3.84. The number of hydrogen-bond donors (Lipinski definition) is 2. The van der Waals surface area contributed by atoms with Crippen LogP contribution < -0.4 is 10.6 Å². The molecule has 13 heavy (non-hydrogen) atoms. The van der Waals surface area contributed by atoms with Crippen molar-refractivity contribution in [2.45, 2.75) is 25.3 Å². The van der Waals surface area contributed by atoms with Crippen molar-refractivity contribution >= 4 is 5.91 Å². The summed E-state index contributed by atoms with van der Waals surface area (Å²) in [5.74, 6) is 0.444. The predicted molar refractivity (Wildman–Crippen MR) is 51.3 cm³/mol. The molecule has 1 heterocycles. The van der Waals surface area contributed by atoms with Crippen LogP contribution in [0.3, 0.4) is 0 Å². The van der Waals surface area contributed by atoms with Gasteiger partial charge in [0.2, 0.25) is 5.91 Å². The molecule has 0 radical (unpaired) electrons. The Bertz CT molecular complexity index is 211. The molecule has 0 aromatic heterocycles. The van der Waals surface area contributed by atoms with Gasteiger partial charge in [-0.2, -0.15) is 0 Å². The molecule has 0 bridgehead atoms. The molecule has 2 rings (SSSR count). The molecule has 2 N–H and O–H groups in total. The van der Waals surface area contributed by atoms with Crippen LogP contribution in [0.15, 0.2) is 12.2 Å². The van der Waals surface area contributed by atoms with E-state index < -0.39 is 0 Å². The van der Waals surface area contributed by atoms with Crippen LogP contribution in [0.2, 0.25) is 0 Å². The Hall–Kier alpha value is -0.830. The van der Waals surface area contributed by atoms with E-state index in [9.17, 15) is 4.79 Å².